The molecule has 160 valence electrons. The average molecular weight is 413 g/mol. The number of benzene rings is 2. The van der Waals surface area contributed by atoms with Gasteiger partial charge in [-0.2, -0.15) is 0 Å². The Labute approximate surface area is 175 Å². The van der Waals surface area contributed by atoms with E-state index in [4.69, 9.17) is 19.9 Å². The lowest BCUT2D eigenvalue weighted by molar-refractivity contribution is -0.119. The van der Waals surface area contributed by atoms with Crippen LogP contribution in [0.2, 0.25) is 0 Å². The molecule has 1 unspecified atom stereocenters. The minimum absolute atomic E-state index is 0.173. The third kappa shape index (κ3) is 5.42. The highest BCUT2D eigenvalue weighted by molar-refractivity contribution is 5.95. The van der Waals surface area contributed by atoms with Gasteiger partial charge in [0.25, 0.3) is 11.8 Å². The number of morpholine rings is 1. The maximum Gasteiger partial charge on any atom is 0.255 e. The SMILES string of the molecule is COc1cc(C(=O)NC(C)c2ccc(N3CCOCC3)cc2)ccc1OCC(N)=O. The van der Waals surface area contributed by atoms with Crippen LogP contribution in [0.5, 0.6) is 11.5 Å². The maximum atomic E-state index is 12.7. The second-order valence-corrected chi connectivity index (χ2v) is 7.01. The van der Waals surface area contributed by atoms with Crippen LogP contribution in [-0.4, -0.2) is 51.8 Å². The van der Waals surface area contributed by atoms with E-state index < -0.39 is 5.91 Å². The third-order valence-corrected chi connectivity index (χ3v) is 4.91. The second kappa shape index (κ2) is 9.98. The molecule has 0 saturated carbocycles. The van der Waals surface area contributed by atoms with Gasteiger partial charge in [-0.15, -0.1) is 0 Å². The highest BCUT2D eigenvalue weighted by atomic mass is 16.5. The summed E-state index contributed by atoms with van der Waals surface area (Å²) in [4.78, 5) is 25.9. The van der Waals surface area contributed by atoms with Crippen LogP contribution in [0.15, 0.2) is 42.5 Å². The molecule has 2 amide bonds. The maximum absolute atomic E-state index is 12.7. The monoisotopic (exact) mass is 413 g/mol. The largest absolute Gasteiger partial charge is 0.493 e. The number of nitrogens with one attached hydrogen (secondary N) is 1. The van der Waals surface area contributed by atoms with Gasteiger partial charge in [0.1, 0.15) is 0 Å². The van der Waals surface area contributed by atoms with E-state index in [1.807, 2.05) is 19.1 Å². The minimum Gasteiger partial charge on any atom is -0.493 e. The van der Waals surface area contributed by atoms with Gasteiger partial charge in [0.05, 0.1) is 26.4 Å². The number of carbonyl (C=O) groups excluding carboxylic acids is 2. The molecule has 0 aliphatic carbocycles. The minimum atomic E-state index is -0.590. The molecule has 0 radical (unpaired) electrons. The number of nitrogens with two attached hydrogens (primary N) is 1. The summed E-state index contributed by atoms with van der Waals surface area (Å²) in [6.07, 6.45) is 0. The van der Waals surface area contributed by atoms with E-state index in [0.717, 1.165) is 37.6 Å². The fraction of sp³-hybridized carbons (Fsp3) is 0.364. The number of ether oxygens (including phenoxy) is 3. The van der Waals surface area contributed by atoms with Gasteiger partial charge in [-0.25, -0.2) is 0 Å². The Morgan fingerprint density at radius 3 is 2.47 bits per heavy atom. The Hall–Kier alpha value is -3.26. The van der Waals surface area contributed by atoms with Crippen molar-refractivity contribution < 1.29 is 23.8 Å². The number of primary amides is 1. The Balaban J connectivity index is 1.64. The second-order valence-electron chi connectivity index (χ2n) is 7.01. The van der Waals surface area contributed by atoms with E-state index in [2.05, 4.69) is 22.3 Å². The standard InChI is InChI=1S/C22H27N3O5/c1-15(16-3-6-18(7-4-16)25-9-11-29-12-10-25)24-22(27)17-5-8-19(20(13-17)28-2)30-14-21(23)26/h3-8,13,15H,9-12,14H2,1-2H3,(H2,23,26)(H,24,27). The van der Waals surface area contributed by atoms with E-state index in [9.17, 15) is 9.59 Å². The Kier molecular flexibility index (Phi) is 7.13. The van der Waals surface area contributed by atoms with Crippen molar-refractivity contribution in [2.45, 2.75) is 13.0 Å². The van der Waals surface area contributed by atoms with E-state index in [-0.39, 0.29) is 18.6 Å². The van der Waals surface area contributed by atoms with Crippen LogP contribution >= 0.6 is 0 Å². The lowest BCUT2D eigenvalue weighted by atomic mass is 10.1. The fourth-order valence-electron chi connectivity index (χ4n) is 3.24. The number of carbonyl (C=O) groups is 2. The van der Waals surface area contributed by atoms with E-state index >= 15 is 0 Å². The summed E-state index contributed by atoms with van der Waals surface area (Å²) in [6.45, 7) is 4.91. The van der Waals surface area contributed by atoms with Gasteiger partial charge in [0.15, 0.2) is 18.1 Å². The molecule has 2 aromatic carbocycles. The van der Waals surface area contributed by atoms with Crippen LogP contribution in [0.1, 0.15) is 28.9 Å². The molecular weight excluding hydrogens is 386 g/mol. The summed E-state index contributed by atoms with van der Waals surface area (Å²) >= 11 is 0. The zero-order chi connectivity index (χ0) is 21.5. The van der Waals surface area contributed by atoms with Crippen LogP contribution in [0.4, 0.5) is 5.69 Å². The van der Waals surface area contributed by atoms with Crippen LogP contribution < -0.4 is 25.4 Å². The molecule has 2 aromatic rings. The van der Waals surface area contributed by atoms with Crippen LogP contribution in [-0.2, 0) is 9.53 Å². The molecule has 3 rings (SSSR count). The molecule has 1 saturated heterocycles. The number of nitrogens with zero attached hydrogens (tertiary/aromatic N) is 1. The molecule has 1 aliphatic rings. The summed E-state index contributed by atoms with van der Waals surface area (Å²) in [5.74, 6) is -0.127. The molecule has 0 bridgehead atoms. The van der Waals surface area contributed by atoms with Gasteiger partial charge < -0.3 is 30.2 Å². The van der Waals surface area contributed by atoms with Crippen molar-refractivity contribution in [2.75, 3.05) is 44.9 Å². The summed E-state index contributed by atoms with van der Waals surface area (Å²) in [5, 5.41) is 2.99. The van der Waals surface area contributed by atoms with Crippen LogP contribution in [0.25, 0.3) is 0 Å². The highest BCUT2D eigenvalue weighted by Gasteiger charge is 2.16. The number of anilines is 1. The number of hydrogen-bond acceptors (Lipinski definition) is 6. The zero-order valence-corrected chi connectivity index (χ0v) is 17.2. The molecular formula is C22H27N3O5. The molecule has 1 atom stereocenters. The summed E-state index contributed by atoms with van der Waals surface area (Å²) in [7, 11) is 1.47. The van der Waals surface area contributed by atoms with Crippen LogP contribution in [0.3, 0.4) is 0 Å². The topological polar surface area (TPSA) is 103 Å². The quantitative estimate of drug-likeness (QED) is 0.685. The van der Waals surface area contributed by atoms with Gasteiger partial charge in [-0.3, -0.25) is 9.59 Å². The Morgan fingerprint density at radius 2 is 1.83 bits per heavy atom. The molecule has 30 heavy (non-hydrogen) atoms. The number of amides is 2. The van der Waals surface area contributed by atoms with E-state index in [1.54, 1.807) is 18.2 Å². The number of methoxy groups -OCH3 is 1. The van der Waals surface area contributed by atoms with Crippen molar-refractivity contribution in [1.82, 2.24) is 5.32 Å². The zero-order valence-electron chi connectivity index (χ0n) is 17.2. The van der Waals surface area contributed by atoms with Gasteiger partial charge >= 0.3 is 0 Å². The van der Waals surface area contributed by atoms with Gasteiger partial charge in [0.2, 0.25) is 0 Å². The summed E-state index contributed by atoms with van der Waals surface area (Å²) in [5.41, 5.74) is 7.68. The fourth-order valence-corrected chi connectivity index (χ4v) is 3.24. The van der Waals surface area contributed by atoms with Crippen molar-refractivity contribution in [3.63, 3.8) is 0 Å². The van der Waals surface area contributed by atoms with Crippen molar-refractivity contribution >= 4 is 17.5 Å². The molecule has 1 aliphatic heterocycles. The average Bonchev–Trinajstić information content (AvgIpc) is 2.78. The molecule has 1 fully saturated rings. The highest BCUT2D eigenvalue weighted by Crippen LogP contribution is 2.28. The molecule has 3 N–H and O–H groups in total. The van der Waals surface area contributed by atoms with Crippen LogP contribution in [0, 0.1) is 0 Å². The predicted octanol–water partition coefficient (Wildman–Crippen LogP) is 1.89. The summed E-state index contributed by atoms with van der Waals surface area (Å²) < 4.78 is 15.9. The Bertz CT molecular complexity index is 879. The molecule has 0 aromatic heterocycles. The lowest BCUT2D eigenvalue weighted by Crippen LogP contribution is -2.36. The first-order chi connectivity index (χ1) is 14.5. The van der Waals surface area contributed by atoms with Crippen molar-refractivity contribution in [3.8, 4) is 11.5 Å². The normalized spacial score (nSPS) is 14.7. The van der Waals surface area contributed by atoms with Gasteiger partial charge in [0, 0.05) is 24.3 Å². The first-order valence-electron chi connectivity index (χ1n) is 9.80. The molecule has 1 heterocycles. The van der Waals surface area contributed by atoms with Gasteiger partial charge in [-0.05, 0) is 42.8 Å². The van der Waals surface area contributed by atoms with Crippen molar-refractivity contribution in [1.29, 1.82) is 0 Å². The first kappa shape index (κ1) is 21.4. The number of rotatable bonds is 8. The van der Waals surface area contributed by atoms with Crippen molar-refractivity contribution in [2.24, 2.45) is 5.73 Å². The predicted molar refractivity (Wildman–Crippen MR) is 113 cm³/mol. The lowest BCUT2D eigenvalue weighted by Gasteiger charge is -2.29. The van der Waals surface area contributed by atoms with Crippen molar-refractivity contribution in [3.05, 3.63) is 53.6 Å². The Morgan fingerprint density at radius 1 is 1.13 bits per heavy atom. The number of hydrogen-bond donors (Lipinski definition) is 2. The summed E-state index contributed by atoms with van der Waals surface area (Å²) in [6, 6.07) is 12.8. The third-order valence-electron chi connectivity index (χ3n) is 4.91. The smallest absolute Gasteiger partial charge is 0.255 e. The molecule has 8 heteroatoms. The van der Waals surface area contributed by atoms with E-state index in [1.165, 1.54) is 7.11 Å². The first-order valence-corrected chi connectivity index (χ1v) is 9.80. The molecule has 0 spiro atoms. The van der Waals surface area contributed by atoms with Gasteiger partial charge in [-0.1, -0.05) is 12.1 Å². The molecule has 8 nitrogen and oxygen atoms in total. The van der Waals surface area contributed by atoms with E-state index in [0.29, 0.717) is 17.1 Å².